The quantitative estimate of drug-likeness (QED) is 0.836. The minimum atomic E-state index is -0.0410. The summed E-state index contributed by atoms with van der Waals surface area (Å²) in [4.78, 5) is 31.3. The van der Waals surface area contributed by atoms with E-state index in [9.17, 15) is 9.59 Å². The average Bonchev–Trinajstić information content (AvgIpc) is 2.69. The minimum Gasteiger partial charge on any atom is -0.329 e. The van der Waals surface area contributed by atoms with Gasteiger partial charge in [0, 0.05) is 49.7 Å². The topological polar surface area (TPSA) is 74.3 Å². The first kappa shape index (κ1) is 20.0. The van der Waals surface area contributed by atoms with Gasteiger partial charge in [-0.3, -0.25) is 14.6 Å². The van der Waals surface area contributed by atoms with Crippen molar-refractivity contribution in [3.63, 3.8) is 0 Å². The van der Waals surface area contributed by atoms with Gasteiger partial charge in [-0.2, -0.15) is 0 Å². The predicted octanol–water partition coefficient (Wildman–Crippen LogP) is 3.16. The third-order valence-electron chi connectivity index (χ3n) is 4.91. The summed E-state index contributed by atoms with van der Waals surface area (Å²) < 4.78 is 0. The van der Waals surface area contributed by atoms with Crippen molar-refractivity contribution in [1.82, 2.24) is 15.2 Å². The second-order valence-electron chi connectivity index (χ2n) is 7.68. The number of piperazine rings is 1. The number of hydrogen-bond donors (Lipinski definition) is 2. The van der Waals surface area contributed by atoms with Crippen LogP contribution in [0.5, 0.6) is 0 Å². The van der Waals surface area contributed by atoms with Crippen molar-refractivity contribution in [2.24, 2.45) is 5.92 Å². The maximum absolute atomic E-state index is 13.2. The monoisotopic (exact) mass is 380 g/mol. The molecule has 6 heteroatoms. The Morgan fingerprint density at radius 1 is 1.32 bits per heavy atom. The minimum absolute atomic E-state index is 0.00138. The molecule has 1 aromatic carbocycles. The van der Waals surface area contributed by atoms with Crippen LogP contribution in [-0.4, -0.2) is 41.3 Å². The molecule has 0 bridgehead atoms. The van der Waals surface area contributed by atoms with Crippen molar-refractivity contribution in [3.05, 3.63) is 59.4 Å². The molecule has 0 radical (unpaired) electrons. The summed E-state index contributed by atoms with van der Waals surface area (Å²) >= 11 is 0. The van der Waals surface area contributed by atoms with Gasteiger partial charge < -0.3 is 15.5 Å². The van der Waals surface area contributed by atoms with Gasteiger partial charge in [0.05, 0.1) is 6.04 Å². The lowest BCUT2D eigenvalue weighted by atomic mass is 10.0. The molecule has 1 aliphatic rings. The fourth-order valence-electron chi connectivity index (χ4n) is 3.49. The molecule has 2 N–H and O–H groups in total. The van der Waals surface area contributed by atoms with Crippen molar-refractivity contribution in [2.75, 3.05) is 25.0 Å². The highest BCUT2D eigenvalue weighted by atomic mass is 16.2. The molecule has 1 atom stereocenters. The van der Waals surface area contributed by atoms with Crippen LogP contribution in [-0.2, 0) is 4.79 Å². The number of benzene rings is 1. The fraction of sp³-hybridized carbons (Fsp3) is 0.409. The molecule has 1 fully saturated rings. The first-order valence-corrected chi connectivity index (χ1v) is 9.78. The zero-order chi connectivity index (χ0) is 20.1. The fourth-order valence-corrected chi connectivity index (χ4v) is 3.49. The van der Waals surface area contributed by atoms with E-state index in [0.717, 1.165) is 23.4 Å². The molecule has 28 heavy (non-hydrogen) atoms. The van der Waals surface area contributed by atoms with E-state index in [0.29, 0.717) is 31.0 Å². The Morgan fingerprint density at radius 3 is 2.82 bits per heavy atom. The predicted molar refractivity (Wildman–Crippen MR) is 110 cm³/mol. The van der Waals surface area contributed by atoms with E-state index in [-0.39, 0.29) is 17.9 Å². The number of nitrogens with zero attached hydrogens (tertiary/aromatic N) is 2. The van der Waals surface area contributed by atoms with E-state index in [1.165, 1.54) is 0 Å². The van der Waals surface area contributed by atoms with Crippen molar-refractivity contribution in [2.45, 2.75) is 33.2 Å². The molecule has 3 rings (SSSR count). The van der Waals surface area contributed by atoms with Crippen LogP contribution in [0.4, 0.5) is 5.69 Å². The van der Waals surface area contributed by atoms with Gasteiger partial charge in [0.15, 0.2) is 0 Å². The Balaban J connectivity index is 1.77. The van der Waals surface area contributed by atoms with Crippen molar-refractivity contribution >= 4 is 17.5 Å². The van der Waals surface area contributed by atoms with Gasteiger partial charge in [-0.15, -0.1) is 0 Å². The Kier molecular flexibility index (Phi) is 6.41. The number of nitrogens with one attached hydrogen (secondary N) is 2. The average molecular weight is 380 g/mol. The van der Waals surface area contributed by atoms with Crippen LogP contribution in [0.15, 0.2) is 42.7 Å². The maximum atomic E-state index is 13.2. The molecule has 1 aromatic heterocycles. The van der Waals surface area contributed by atoms with E-state index >= 15 is 0 Å². The highest BCUT2D eigenvalue weighted by molar-refractivity contribution is 5.97. The maximum Gasteiger partial charge on any atom is 0.254 e. The van der Waals surface area contributed by atoms with Crippen LogP contribution in [0.3, 0.4) is 0 Å². The molecule has 0 aliphatic carbocycles. The summed E-state index contributed by atoms with van der Waals surface area (Å²) in [6.07, 6.45) is 4.03. The smallest absolute Gasteiger partial charge is 0.254 e. The van der Waals surface area contributed by atoms with Crippen LogP contribution < -0.4 is 10.6 Å². The molecule has 6 nitrogen and oxygen atoms in total. The van der Waals surface area contributed by atoms with E-state index in [4.69, 9.17) is 0 Å². The lowest BCUT2D eigenvalue weighted by molar-refractivity contribution is -0.116. The molecule has 0 saturated carbocycles. The normalized spacial score (nSPS) is 16.9. The summed E-state index contributed by atoms with van der Waals surface area (Å²) in [7, 11) is 0. The third kappa shape index (κ3) is 4.75. The lowest BCUT2D eigenvalue weighted by Crippen LogP contribution is -2.48. The van der Waals surface area contributed by atoms with Crippen molar-refractivity contribution in [3.8, 4) is 0 Å². The SMILES string of the molecule is Cc1cc(C(=O)N2CCNCC2c2cccnc2)ccc1NC(=O)CC(C)C. The van der Waals surface area contributed by atoms with Crippen LogP contribution in [0.2, 0.25) is 0 Å². The number of aryl methyl sites for hydroxylation is 1. The Morgan fingerprint density at radius 2 is 2.14 bits per heavy atom. The van der Waals surface area contributed by atoms with Gasteiger partial charge in [-0.25, -0.2) is 0 Å². The van der Waals surface area contributed by atoms with Gasteiger partial charge >= 0.3 is 0 Å². The number of anilines is 1. The van der Waals surface area contributed by atoms with Crippen LogP contribution >= 0.6 is 0 Å². The van der Waals surface area contributed by atoms with E-state index in [1.54, 1.807) is 12.3 Å². The first-order valence-electron chi connectivity index (χ1n) is 9.78. The van der Waals surface area contributed by atoms with Crippen molar-refractivity contribution in [1.29, 1.82) is 0 Å². The lowest BCUT2D eigenvalue weighted by Gasteiger charge is -2.36. The Labute approximate surface area is 166 Å². The Bertz CT molecular complexity index is 836. The van der Waals surface area contributed by atoms with Crippen molar-refractivity contribution < 1.29 is 9.59 Å². The number of amides is 2. The van der Waals surface area contributed by atoms with E-state index < -0.39 is 0 Å². The molecule has 2 amide bonds. The largest absolute Gasteiger partial charge is 0.329 e. The van der Waals surface area contributed by atoms with Crippen LogP contribution in [0.1, 0.15) is 47.8 Å². The van der Waals surface area contributed by atoms with Gasteiger partial charge in [-0.05, 0) is 48.2 Å². The number of aromatic nitrogens is 1. The molecule has 148 valence electrons. The molecule has 2 heterocycles. The zero-order valence-electron chi connectivity index (χ0n) is 16.7. The molecule has 1 aliphatic heterocycles. The zero-order valence-corrected chi connectivity index (χ0v) is 16.7. The van der Waals surface area contributed by atoms with Gasteiger partial charge in [0.1, 0.15) is 0 Å². The number of carbonyl (C=O) groups is 2. The summed E-state index contributed by atoms with van der Waals surface area (Å²) in [5, 5.41) is 6.30. The Hall–Kier alpha value is -2.73. The highest BCUT2D eigenvalue weighted by Gasteiger charge is 2.29. The van der Waals surface area contributed by atoms with Crippen LogP contribution in [0, 0.1) is 12.8 Å². The summed E-state index contributed by atoms with van der Waals surface area (Å²) in [5.74, 6) is 0.299. The molecule has 1 unspecified atom stereocenters. The third-order valence-corrected chi connectivity index (χ3v) is 4.91. The standard InChI is InChI=1S/C22H28N4O2/c1-15(2)11-21(27)25-19-7-6-17(12-16(19)3)22(28)26-10-9-24-14-20(26)18-5-4-8-23-13-18/h4-8,12-13,15,20,24H,9-11,14H2,1-3H3,(H,25,27). The first-order chi connectivity index (χ1) is 13.5. The number of rotatable bonds is 5. The molecular weight excluding hydrogens is 352 g/mol. The number of carbonyl (C=O) groups excluding carboxylic acids is 2. The van der Waals surface area contributed by atoms with Gasteiger partial charge in [0.2, 0.25) is 5.91 Å². The second kappa shape index (κ2) is 8.97. The van der Waals surface area contributed by atoms with E-state index in [1.807, 2.05) is 56.1 Å². The molecule has 1 saturated heterocycles. The second-order valence-corrected chi connectivity index (χ2v) is 7.68. The van der Waals surface area contributed by atoms with Gasteiger partial charge in [-0.1, -0.05) is 19.9 Å². The van der Waals surface area contributed by atoms with Gasteiger partial charge in [0.25, 0.3) is 5.91 Å². The van der Waals surface area contributed by atoms with E-state index in [2.05, 4.69) is 15.6 Å². The number of hydrogen-bond acceptors (Lipinski definition) is 4. The summed E-state index contributed by atoms with van der Waals surface area (Å²) in [6, 6.07) is 9.33. The molecule has 0 spiro atoms. The number of pyridine rings is 1. The summed E-state index contributed by atoms with van der Waals surface area (Å²) in [5.41, 5.74) is 3.30. The molecule has 2 aromatic rings. The molecular formula is C22H28N4O2. The van der Waals surface area contributed by atoms with Crippen LogP contribution in [0.25, 0.3) is 0 Å². The summed E-state index contributed by atoms with van der Waals surface area (Å²) in [6.45, 7) is 8.06. The highest BCUT2D eigenvalue weighted by Crippen LogP contribution is 2.25.